The Morgan fingerprint density at radius 3 is 2.76 bits per heavy atom. The van der Waals surface area contributed by atoms with Crippen LogP contribution in [-0.4, -0.2) is 25.2 Å². The van der Waals surface area contributed by atoms with Crippen LogP contribution in [0.4, 0.5) is 24.5 Å². The van der Waals surface area contributed by atoms with Gasteiger partial charge in [0.1, 0.15) is 6.54 Å². The van der Waals surface area contributed by atoms with Crippen molar-refractivity contribution in [3.63, 3.8) is 0 Å². The van der Waals surface area contributed by atoms with Gasteiger partial charge in [-0.25, -0.2) is 0 Å². The molecule has 0 aliphatic carbocycles. The van der Waals surface area contributed by atoms with Crippen LogP contribution < -0.4 is 10.2 Å². The Bertz CT molecular complexity index is 461. The molecule has 0 unspecified atom stereocenters. The SMILES string of the molecule is O=C1CN(CC(F)(F)F)c2cc(Br)ccc2N1. The van der Waals surface area contributed by atoms with Crippen molar-refractivity contribution in [3.8, 4) is 0 Å². The zero-order chi connectivity index (χ0) is 12.6. The molecule has 3 nitrogen and oxygen atoms in total. The number of hydrogen-bond donors (Lipinski definition) is 1. The number of carbonyl (C=O) groups excluding carboxylic acids is 1. The summed E-state index contributed by atoms with van der Waals surface area (Å²) < 4.78 is 37.8. The largest absolute Gasteiger partial charge is 0.405 e. The number of fused-ring (bicyclic) bond motifs is 1. The van der Waals surface area contributed by atoms with E-state index >= 15 is 0 Å². The van der Waals surface area contributed by atoms with Gasteiger partial charge in [-0.2, -0.15) is 13.2 Å². The van der Waals surface area contributed by atoms with E-state index < -0.39 is 18.6 Å². The first kappa shape index (κ1) is 12.2. The molecule has 0 aromatic heterocycles. The third-order valence-electron chi connectivity index (χ3n) is 2.28. The third kappa shape index (κ3) is 2.91. The van der Waals surface area contributed by atoms with Crippen LogP contribution in [0.5, 0.6) is 0 Å². The number of anilines is 2. The predicted octanol–water partition coefficient (Wildman–Crippen LogP) is 2.77. The van der Waals surface area contributed by atoms with Crippen molar-refractivity contribution in [1.29, 1.82) is 0 Å². The minimum absolute atomic E-state index is 0.289. The van der Waals surface area contributed by atoms with Crippen LogP contribution >= 0.6 is 15.9 Å². The number of benzene rings is 1. The van der Waals surface area contributed by atoms with Crippen molar-refractivity contribution >= 4 is 33.2 Å². The molecule has 0 atom stereocenters. The van der Waals surface area contributed by atoms with Crippen LogP contribution in [-0.2, 0) is 4.79 Å². The average molecular weight is 309 g/mol. The lowest BCUT2D eigenvalue weighted by Crippen LogP contribution is -2.43. The average Bonchev–Trinajstić information content (AvgIpc) is 2.16. The Balaban J connectivity index is 2.36. The molecule has 92 valence electrons. The molecule has 0 fully saturated rings. The van der Waals surface area contributed by atoms with E-state index in [1.807, 2.05) is 0 Å². The standard InChI is InChI=1S/C10H8BrF3N2O/c11-6-1-2-7-8(3-6)16(4-9(17)15-7)5-10(12,13)14/h1-3H,4-5H2,(H,15,17). The summed E-state index contributed by atoms with van der Waals surface area (Å²) in [5.74, 6) is -0.441. The smallest absolute Gasteiger partial charge is 0.351 e. The number of rotatable bonds is 1. The number of nitrogens with zero attached hydrogens (tertiary/aromatic N) is 1. The monoisotopic (exact) mass is 308 g/mol. The van der Waals surface area contributed by atoms with Crippen molar-refractivity contribution in [3.05, 3.63) is 22.7 Å². The van der Waals surface area contributed by atoms with Crippen LogP contribution in [0.15, 0.2) is 22.7 Å². The Kier molecular flexibility index (Phi) is 3.03. The number of carbonyl (C=O) groups is 1. The zero-order valence-electron chi connectivity index (χ0n) is 8.51. The van der Waals surface area contributed by atoms with Crippen molar-refractivity contribution < 1.29 is 18.0 Å². The van der Waals surface area contributed by atoms with Crippen LogP contribution in [0.25, 0.3) is 0 Å². The van der Waals surface area contributed by atoms with E-state index in [-0.39, 0.29) is 6.54 Å². The van der Waals surface area contributed by atoms with E-state index in [2.05, 4.69) is 21.2 Å². The minimum Gasteiger partial charge on any atom is -0.351 e. The molecule has 0 spiro atoms. The highest BCUT2D eigenvalue weighted by Crippen LogP contribution is 2.33. The fraction of sp³-hybridized carbons (Fsp3) is 0.300. The molecule has 1 heterocycles. The summed E-state index contributed by atoms with van der Waals surface area (Å²) in [6.45, 7) is -1.42. The Labute approximate surface area is 104 Å². The molecule has 1 N–H and O–H groups in total. The number of amides is 1. The van der Waals surface area contributed by atoms with Gasteiger partial charge in [-0.15, -0.1) is 0 Å². The molecule has 17 heavy (non-hydrogen) atoms. The molecule has 1 aromatic rings. The van der Waals surface area contributed by atoms with Crippen LogP contribution in [0.2, 0.25) is 0 Å². The Morgan fingerprint density at radius 2 is 2.12 bits per heavy atom. The molecule has 7 heteroatoms. The van der Waals surface area contributed by atoms with Crippen LogP contribution in [0.3, 0.4) is 0 Å². The highest BCUT2D eigenvalue weighted by molar-refractivity contribution is 9.10. The second kappa shape index (κ2) is 4.21. The number of hydrogen-bond acceptors (Lipinski definition) is 2. The first-order valence-corrected chi connectivity index (χ1v) is 5.55. The lowest BCUT2D eigenvalue weighted by molar-refractivity contribution is -0.122. The molecule has 0 saturated heterocycles. The highest BCUT2D eigenvalue weighted by Gasteiger charge is 2.34. The predicted molar refractivity (Wildman–Crippen MR) is 61.0 cm³/mol. The maximum absolute atomic E-state index is 12.4. The summed E-state index contributed by atoms with van der Waals surface area (Å²) in [4.78, 5) is 12.3. The Hall–Kier alpha value is -1.24. The van der Waals surface area contributed by atoms with Gasteiger partial charge < -0.3 is 10.2 Å². The maximum atomic E-state index is 12.4. The molecule has 0 saturated carbocycles. The van der Waals surface area contributed by atoms with E-state index in [1.54, 1.807) is 18.2 Å². The highest BCUT2D eigenvalue weighted by atomic mass is 79.9. The van der Waals surface area contributed by atoms with Crippen molar-refractivity contribution in [1.82, 2.24) is 0 Å². The van der Waals surface area contributed by atoms with E-state index in [1.165, 1.54) is 0 Å². The van der Waals surface area contributed by atoms with Crippen molar-refractivity contribution in [2.45, 2.75) is 6.18 Å². The quantitative estimate of drug-likeness (QED) is 0.865. The topological polar surface area (TPSA) is 32.3 Å². The molecule has 1 aromatic carbocycles. The second-order valence-electron chi connectivity index (χ2n) is 3.68. The van der Waals surface area contributed by atoms with Gasteiger partial charge in [0, 0.05) is 4.47 Å². The van der Waals surface area contributed by atoms with Gasteiger partial charge in [0.25, 0.3) is 0 Å². The number of halogens is 4. The van der Waals surface area contributed by atoms with Gasteiger partial charge in [-0.3, -0.25) is 4.79 Å². The Morgan fingerprint density at radius 1 is 1.41 bits per heavy atom. The van der Waals surface area contributed by atoms with Crippen LogP contribution in [0.1, 0.15) is 0 Å². The molecule has 1 amide bonds. The first-order chi connectivity index (χ1) is 7.85. The van der Waals surface area contributed by atoms with E-state index in [9.17, 15) is 18.0 Å². The first-order valence-electron chi connectivity index (χ1n) is 4.76. The summed E-state index contributed by atoms with van der Waals surface area (Å²) in [5, 5.41) is 2.53. The number of alkyl halides is 3. The minimum atomic E-state index is -4.34. The lowest BCUT2D eigenvalue weighted by atomic mass is 10.2. The van der Waals surface area contributed by atoms with Gasteiger partial charge in [0.15, 0.2) is 0 Å². The molecule has 1 aliphatic rings. The van der Waals surface area contributed by atoms with Gasteiger partial charge in [-0.1, -0.05) is 15.9 Å². The van der Waals surface area contributed by atoms with E-state index in [4.69, 9.17) is 0 Å². The fourth-order valence-corrected chi connectivity index (χ4v) is 2.03. The summed E-state index contributed by atoms with van der Waals surface area (Å²) in [6.07, 6.45) is -4.34. The van der Waals surface area contributed by atoms with Gasteiger partial charge in [0.05, 0.1) is 17.9 Å². The second-order valence-corrected chi connectivity index (χ2v) is 4.60. The molecule has 0 radical (unpaired) electrons. The summed E-state index contributed by atoms with van der Waals surface area (Å²) in [5.41, 5.74) is 0.769. The molecule has 1 aliphatic heterocycles. The zero-order valence-corrected chi connectivity index (χ0v) is 10.1. The summed E-state index contributed by atoms with van der Waals surface area (Å²) in [7, 11) is 0. The maximum Gasteiger partial charge on any atom is 0.405 e. The molecular formula is C10H8BrF3N2O. The van der Waals surface area contributed by atoms with Gasteiger partial charge >= 0.3 is 6.18 Å². The summed E-state index contributed by atoms with van der Waals surface area (Å²) in [6, 6.07) is 4.79. The lowest BCUT2D eigenvalue weighted by Gasteiger charge is -2.31. The van der Waals surface area contributed by atoms with Crippen LogP contribution in [0, 0.1) is 0 Å². The van der Waals surface area contributed by atoms with Crippen molar-refractivity contribution in [2.24, 2.45) is 0 Å². The van der Waals surface area contributed by atoms with E-state index in [0.29, 0.717) is 15.8 Å². The van der Waals surface area contributed by atoms with Gasteiger partial charge in [0.2, 0.25) is 5.91 Å². The molecule has 0 bridgehead atoms. The number of nitrogens with one attached hydrogen (secondary N) is 1. The van der Waals surface area contributed by atoms with Gasteiger partial charge in [-0.05, 0) is 18.2 Å². The normalized spacial score (nSPS) is 15.5. The fourth-order valence-electron chi connectivity index (χ4n) is 1.68. The molecule has 2 rings (SSSR count). The third-order valence-corrected chi connectivity index (χ3v) is 2.77. The molecular weight excluding hydrogens is 301 g/mol. The summed E-state index contributed by atoms with van der Waals surface area (Å²) >= 11 is 3.19. The van der Waals surface area contributed by atoms with E-state index in [0.717, 1.165) is 4.90 Å². The van der Waals surface area contributed by atoms with Crippen molar-refractivity contribution in [2.75, 3.05) is 23.3 Å².